The van der Waals surface area contributed by atoms with Gasteiger partial charge in [-0.25, -0.2) is 4.79 Å². The van der Waals surface area contributed by atoms with Gasteiger partial charge < -0.3 is 14.9 Å². The number of carboxylic acid groups (broad SMARTS) is 1. The Hall–Kier alpha value is -1.39. The summed E-state index contributed by atoms with van der Waals surface area (Å²) in [6.45, 7) is 0.627. The number of benzene rings is 1. The van der Waals surface area contributed by atoms with E-state index in [9.17, 15) is 9.90 Å². The fourth-order valence-corrected chi connectivity index (χ4v) is 1.84. The molecule has 1 aromatic rings. The van der Waals surface area contributed by atoms with Crippen molar-refractivity contribution in [3.8, 4) is 0 Å². The van der Waals surface area contributed by atoms with Gasteiger partial charge in [-0.3, -0.25) is 0 Å². The molecule has 4 heteroatoms. The van der Waals surface area contributed by atoms with Crippen LogP contribution in [0.1, 0.15) is 22.3 Å². The molecular formula is C11H12O4. The van der Waals surface area contributed by atoms with Gasteiger partial charge in [0.25, 0.3) is 0 Å². The first-order valence-electron chi connectivity index (χ1n) is 4.76. The van der Waals surface area contributed by atoms with Crippen molar-refractivity contribution >= 4 is 5.97 Å². The van der Waals surface area contributed by atoms with Crippen molar-refractivity contribution in [3.05, 3.63) is 35.4 Å². The Bertz CT molecular complexity index is 380. The Kier molecular flexibility index (Phi) is 2.46. The molecule has 1 fully saturated rings. The predicted octanol–water partition coefficient (Wildman–Crippen LogP) is 0.993. The van der Waals surface area contributed by atoms with Crippen LogP contribution in [-0.4, -0.2) is 29.4 Å². The summed E-state index contributed by atoms with van der Waals surface area (Å²) in [4.78, 5) is 11.0. The topological polar surface area (TPSA) is 66.8 Å². The van der Waals surface area contributed by atoms with E-state index in [0.29, 0.717) is 18.6 Å². The lowest BCUT2D eigenvalue weighted by molar-refractivity contribution is 0.0214. The molecule has 0 spiro atoms. The van der Waals surface area contributed by atoms with Crippen LogP contribution in [-0.2, 0) is 10.3 Å². The molecule has 4 nitrogen and oxygen atoms in total. The second kappa shape index (κ2) is 3.64. The van der Waals surface area contributed by atoms with E-state index in [1.54, 1.807) is 18.2 Å². The van der Waals surface area contributed by atoms with E-state index in [4.69, 9.17) is 9.84 Å². The first-order chi connectivity index (χ1) is 7.13. The number of hydrogen-bond acceptors (Lipinski definition) is 3. The molecule has 0 radical (unpaired) electrons. The van der Waals surface area contributed by atoms with Gasteiger partial charge in [-0.1, -0.05) is 18.2 Å². The quantitative estimate of drug-likeness (QED) is 0.760. The lowest BCUT2D eigenvalue weighted by Crippen LogP contribution is -2.28. The first kappa shape index (κ1) is 10.1. The molecule has 1 atom stereocenters. The van der Waals surface area contributed by atoms with Gasteiger partial charge in [0.15, 0.2) is 0 Å². The Morgan fingerprint density at radius 2 is 2.13 bits per heavy atom. The molecule has 80 valence electrons. The normalized spacial score (nSPS) is 25.4. The molecule has 1 aliphatic heterocycles. The van der Waals surface area contributed by atoms with Crippen molar-refractivity contribution < 1.29 is 19.7 Å². The monoisotopic (exact) mass is 208 g/mol. The maximum atomic E-state index is 11.0. The maximum Gasteiger partial charge on any atom is 0.336 e. The van der Waals surface area contributed by atoms with Crippen LogP contribution in [0, 0.1) is 0 Å². The number of aliphatic hydroxyl groups is 1. The highest BCUT2D eigenvalue weighted by Crippen LogP contribution is 2.32. The zero-order chi connectivity index (χ0) is 10.9. The molecule has 0 aliphatic carbocycles. The Morgan fingerprint density at radius 3 is 2.73 bits per heavy atom. The molecule has 1 aliphatic rings. The third-order valence-corrected chi connectivity index (χ3v) is 2.66. The SMILES string of the molecule is O=C(O)c1ccccc1C1(O)CCOC1. The van der Waals surface area contributed by atoms with Crippen LogP contribution in [0.3, 0.4) is 0 Å². The van der Waals surface area contributed by atoms with Crippen LogP contribution < -0.4 is 0 Å². The Balaban J connectivity index is 2.47. The number of carboxylic acids is 1. The highest BCUT2D eigenvalue weighted by Gasteiger charge is 2.36. The van der Waals surface area contributed by atoms with E-state index >= 15 is 0 Å². The zero-order valence-corrected chi connectivity index (χ0v) is 8.14. The van der Waals surface area contributed by atoms with Crippen LogP contribution in [0.2, 0.25) is 0 Å². The summed E-state index contributed by atoms with van der Waals surface area (Å²) in [7, 11) is 0. The number of carbonyl (C=O) groups is 1. The second-order valence-electron chi connectivity index (χ2n) is 3.68. The molecule has 15 heavy (non-hydrogen) atoms. The lowest BCUT2D eigenvalue weighted by Gasteiger charge is -2.22. The lowest BCUT2D eigenvalue weighted by atomic mass is 9.89. The average molecular weight is 208 g/mol. The standard InChI is InChI=1S/C11H12O4/c12-10(13)8-3-1-2-4-9(8)11(14)5-6-15-7-11/h1-4,14H,5-7H2,(H,12,13). The van der Waals surface area contributed by atoms with Gasteiger partial charge in [-0.15, -0.1) is 0 Å². The maximum absolute atomic E-state index is 11.0. The number of rotatable bonds is 2. The summed E-state index contributed by atoms with van der Waals surface area (Å²) in [6, 6.07) is 6.50. The van der Waals surface area contributed by atoms with Crippen molar-refractivity contribution in [3.63, 3.8) is 0 Å². The van der Waals surface area contributed by atoms with Crippen molar-refractivity contribution in [1.82, 2.24) is 0 Å². The largest absolute Gasteiger partial charge is 0.478 e. The van der Waals surface area contributed by atoms with Gasteiger partial charge in [-0.05, 0) is 6.07 Å². The molecular weight excluding hydrogens is 196 g/mol. The van der Waals surface area contributed by atoms with Crippen LogP contribution >= 0.6 is 0 Å². The summed E-state index contributed by atoms with van der Waals surface area (Å²) >= 11 is 0. The van der Waals surface area contributed by atoms with Gasteiger partial charge in [0.05, 0.1) is 12.2 Å². The molecule has 1 saturated heterocycles. The van der Waals surface area contributed by atoms with Crippen molar-refractivity contribution in [2.45, 2.75) is 12.0 Å². The molecule has 1 unspecified atom stereocenters. The smallest absolute Gasteiger partial charge is 0.336 e. The van der Waals surface area contributed by atoms with E-state index < -0.39 is 11.6 Å². The van der Waals surface area contributed by atoms with Gasteiger partial charge in [0.1, 0.15) is 5.60 Å². The molecule has 1 heterocycles. The predicted molar refractivity (Wildman–Crippen MR) is 52.7 cm³/mol. The van der Waals surface area contributed by atoms with Crippen LogP contribution in [0.4, 0.5) is 0 Å². The summed E-state index contributed by atoms with van der Waals surface area (Å²) in [5.74, 6) is -1.02. The average Bonchev–Trinajstić information content (AvgIpc) is 2.66. The Labute approximate surface area is 87.1 Å². The van der Waals surface area contributed by atoms with Crippen molar-refractivity contribution in [2.24, 2.45) is 0 Å². The van der Waals surface area contributed by atoms with Gasteiger partial charge >= 0.3 is 5.97 Å². The molecule has 2 rings (SSSR count). The molecule has 0 aromatic heterocycles. The highest BCUT2D eigenvalue weighted by molar-refractivity contribution is 5.89. The van der Waals surface area contributed by atoms with Crippen LogP contribution in [0.25, 0.3) is 0 Å². The van der Waals surface area contributed by atoms with Crippen molar-refractivity contribution in [1.29, 1.82) is 0 Å². The van der Waals surface area contributed by atoms with Gasteiger partial charge in [0, 0.05) is 18.6 Å². The summed E-state index contributed by atoms with van der Waals surface area (Å²) in [6.07, 6.45) is 0.442. The van der Waals surface area contributed by atoms with Gasteiger partial charge in [-0.2, -0.15) is 0 Å². The van der Waals surface area contributed by atoms with E-state index in [-0.39, 0.29) is 12.2 Å². The first-order valence-corrected chi connectivity index (χ1v) is 4.76. The third kappa shape index (κ3) is 1.73. The molecule has 2 N–H and O–H groups in total. The number of aromatic carboxylic acids is 1. The number of ether oxygens (including phenoxy) is 1. The zero-order valence-electron chi connectivity index (χ0n) is 8.14. The van der Waals surface area contributed by atoms with E-state index in [0.717, 1.165) is 0 Å². The third-order valence-electron chi connectivity index (χ3n) is 2.66. The van der Waals surface area contributed by atoms with Crippen LogP contribution in [0.5, 0.6) is 0 Å². The number of hydrogen-bond donors (Lipinski definition) is 2. The van der Waals surface area contributed by atoms with E-state index in [1.165, 1.54) is 6.07 Å². The summed E-state index contributed by atoms with van der Waals surface area (Å²) in [5.41, 5.74) is -0.560. The molecule has 0 bridgehead atoms. The van der Waals surface area contributed by atoms with Gasteiger partial charge in [0.2, 0.25) is 0 Å². The van der Waals surface area contributed by atoms with Crippen LogP contribution in [0.15, 0.2) is 24.3 Å². The summed E-state index contributed by atoms with van der Waals surface area (Å²) in [5, 5.41) is 19.2. The fourth-order valence-electron chi connectivity index (χ4n) is 1.84. The van der Waals surface area contributed by atoms with Crippen molar-refractivity contribution in [2.75, 3.05) is 13.2 Å². The fraction of sp³-hybridized carbons (Fsp3) is 0.364. The minimum Gasteiger partial charge on any atom is -0.478 e. The molecule has 1 aromatic carbocycles. The highest BCUT2D eigenvalue weighted by atomic mass is 16.5. The minimum absolute atomic E-state index is 0.144. The minimum atomic E-state index is -1.14. The second-order valence-corrected chi connectivity index (χ2v) is 3.68. The summed E-state index contributed by atoms with van der Waals surface area (Å²) < 4.78 is 5.11. The molecule has 0 saturated carbocycles. The molecule has 0 amide bonds. The Morgan fingerprint density at radius 1 is 1.40 bits per heavy atom. The van der Waals surface area contributed by atoms with E-state index in [1.807, 2.05) is 0 Å². The van der Waals surface area contributed by atoms with E-state index in [2.05, 4.69) is 0 Å².